The molecule has 4 nitrogen and oxygen atoms in total. The Kier molecular flexibility index (Phi) is 4.37. The average molecular weight is 373 g/mol. The summed E-state index contributed by atoms with van der Waals surface area (Å²) >= 11 is 1.27. The van der Waals surface area contributed by atoms with Crippen molar-refractivity contribution in [3.63, 3.8) is 0 Å². The lowest BCUT2D eigenvalue weighted by atomic mass is 10.1. The molecule has 4 aromatic rings. The van der Waals surface area contributed by atoms with Crippen LogP contribution in [-0.4, -0.2) is 10.9 Å². The van der Waals surface area contributed by atoms with Crippen molar-refractivity contribution in [2.75, 3.05) is 5.32 Å². The Morgan fingerprint density at radius 2 is 1.89 bits per heavy atom. The van der Waals surface area contributed by atoms with Crippen molar-refractivity contribution in [2.24, 2.45) is 0 Å². The predicted octanol–water partition coefficient (Wildman–Crippen LogP) is 5.23. The van der Waals surface area contributed by atoms with Crippen molar-refractivity contribution in [1.29, 1.82) is 5.26 Å². The number of halogens is 1. The van der Waals surface area contributed by atoms with Gasteiger partial charge in [-0.05, 0) is 35.0 Å². The highest BCUT2D eigenvalue weighted by molar-refractivity contribution is 7.14. The first-order valence-corrected chi connectivity index (χ1v) is 8.98. The first kappa shape index (κ1) is 16.9. The maximum atomic E-state index is 14.0. The van der Waals surface area contributed by atoms with Crippen LogP contribution in [0, 0.1) is 17.1 Å². The number of nitrogens with zero attached hydrogens (tertiary/aromatic N) is 2. The lowest BCUT2D eigenvalue weighted by Gasteiger charge is -2.03. The smallest absolute Gasteiger partial charge is 0.260 e. The summed E-state index contributed by atoms with van der Waals surface area (Å²) in [4.78, 5) is 16.7. The van der Waals surface area contributed by atoms with Crippen LogP contribution in [-0.2, 0) is 0 Å². The summed E-state index contributed by atoms with van der Waals surface area (Å²) in [6.45, 7) is 0. The van der Waals surface area contributed by atoms with Gasteiger partial charge in [0.1, 0.15) is 5.82 Å². The number of carbonyl (C=O) groups is 1. The molecule has 0 unspecified atom stereocenters. The van der Waals surface area contributed by atoms with E-state index in [4.69, 9.17) is 5.26 Å². The number of fused-ring (bicyclic) bond motifs is 1. The van der Waals surface area contributed by atoms with Crippen molar-refractivity contribution >= 4 is 33.1 Å². The van der Waals surface area contributed by atoms with Gasteiger partial charge in [0, 0.05) is 10.9 Å². The molecule has 0 radical (unpaired) electrons. The van der Waals surface area contributed by atoms with Crippen molar-refractivity contribution < 1.29 is 9.18 Å². The Bertz CT molecular complexity index is 1210. The van der Waals surface area contributed by atoms with Crippen LogP contribution >= 0.6 is 11.3 Å². The molecule has 0 aliphatic rings. The zero-order chi connectivity index (χ0) is 18.8. The molecule has 27 heavy (non-hydrogen) atoms. The number of hydrogen-bond acceptors (Lipinski definition) is 4. The number of nitriles is 1. The molecule has 0 atom stereocenters. The van der Waals surface area contributed by atoms with Gasteiger partial charge in [-0.25, -0.2) is 9.37 Å². The van der Waals surface area contributed by atoms with Gasteiger partial charge in [-0.1, -0.05) is 36.4 Å². The second-order valence-electron chi connectivity index (χ2n) is 5.86. The van der Waals surface area contributed by atoms with E-state index in [1.165, 1.54) is 23.5 Å². The van der Waals surface area contributed by atoms with E-state index in [9.17, 15) is 9.18 Å². The van der Waals surface area contributed by atoms with Crippen LogP contribution in [0.15, 0.2) is 66.0 Å². The van der Waals surface area contributed by atoms with E-state index < -0.39 is 11.7 Å². The quantitative estimate of drug-likeness (QED) is 0.535. The van der Waals surface area contributed by atoms with Gasteiger partial charge in [0.2, 0.25) is 0 Å². The van der Waals surface area contributed by atoms with E-state index in [2.05, 4.69) is 10.3 Å². The molecule has 0 saturated carbocycles. The molecule has 6 heteroatoms. The van der Waals surface area contributed by atoms with Gasteiger partial charge in [-0.3, -0.25) is 10.1 Å². The molecule has 3 aromatic carbocycles. The number of anilines is 1. The first-order chi connectivity index (χ1) is 13.1. The second-order valence-corrected chi connectivity index (χ2v) is 6.72. The van der Waals surface area contributed by atoms with Crippen LogP contribution in [0.5, 0.6) is 0 Å². The zero-order valence-corrected chi connectivity index (χ0v) is 14.8. The van der Waals surface area contributed by atoms with Gasteiger partial charge >= 0.3 is 0 Å². The fourth-order valence-electron chi connectivity index (χ4n) is 2.75. The third kappa shape index (κ3) is 3.41. The van der Waals surface area contributed by atoms with Crippen LogP contribution in [0.1, 0.15) is 15.9 Å². The van der Waals surface area contributed by atoms with E-state index >= 15 is 0 Å². The van der Waals surface area contributed by atoms with E-state index in [0.717, 1.165) is 28.1 Å². The summed E-state index contributed by atoms with van der Waals surface area (Å²) in [7, 11) is 0. The summed E-state index contributed by atoms with van der Waals surface area (Å²) in [5.74, 6) is -1.34. The van der Waals surface area contributed by atoms with Gasteiger partial charge in [0.25, 0.3) is 5.91 Å². The normalized spacial score (nSPS) is 10.5. The van der Waals surface area contributed by atoms with Gasteiger partial charge in [-0.2, -0.15) is 5.26 Å². The summed E-state index contributed by atoms with van der Waals surface area (Å²) in [5, 5.41) is 15.9. The SMILES string of the molecule is N#Cc1ccc(C(=O)Nc2nc(-c3ccc4ccccc4c3)cs2)c(F)c1. The summed E-state index contributed by atoms with van der Waals surface area (Å²) < 4.78 is 14.0. The van der Waals surface area contributed by atoms with Crippen LogP contribution in [0.2, 0.25) is 0 Å². The molecule has 130 valence electrons. The number of hydrogen-bond donors (Lipinski definition) is 1. The highest BCUT2D eigenvalue weighted by Crippen LogP contribution is 2.28. The van der Waals surface area contributed by atoms with Crippen LogP contribution < -0.4 is 5.32 Å². The molecule has 1 aromatic heterocycles. The molecule has 0 fully saturated rings. The van der Waals surface area contributed by atoms with Crippen molar-refractivity contribution in [3.05, 3.63) is 83.0 Å². The fraction of sp³-hybridized carbons (Fsp3) is 0. The molecule has 0 bridgehead atoms. The third-order valence-corrected chi connectivity index (χ3v) is 4.87. The van der Waals surface area contributed by atoms with E-state index in [1.54, 1.807) is 0 Å². The van der Waals surface area contributed by atoms with E-state index in [-0.39, 0.29) is 11.1 Å². The van der Waals surface area contributed by atoms with Crippen molar-refractivity contribution in [1.82, 2.24) is 4.98 Å². The Hall–Kier alpha value is -3.56. The molecular formula is C21H12FN3OS. The lowest BCUT2D eigenvalue weighted by Crippen LogP contribution is -2.13. The molecule has 0 saturated heterocycles. The number of thiazole rings is 1. The monoisotopic (exact) mass is 373 g/mol. The van der Waals surface area contributed by atoms with Crippen molar-refractivity contribution in [2.45, 2.75) is 0 Å². The molecule has 1 amide bonds. The fourth-order valence-corrected chi connectivity index (χ4v) is 3.46. The van der Waals surface area contributed by atoms with Crippen LogP contribution in [0.25, 0.3) is 22.0 Å². The molecule has 0 aliphatic carbocycles. The first-order valence-electron chi connectivity index (χ1n) is 8.10. The zero-order valence-electron chi connectivity index (χ0n) is 13.9. The van der Waals surface area contributed by atoms with Crippen LogP contribution in [0.3, 0.4) is 0 Å². The molecule has 1 heterocycles. The Labute approximate surface area is 158 Å². The number of aromatic nitrogens is 1. The highest BCUT2D eigenvalue weighted by Gasteiger charge is 2.14. The third-order valence-electron chi connectivity index (χ3n) is 4.11. The molecule has 0 spiro atoms. The van der Waals surface area contributed by atoms with Gasteiger partial charge in [-0.15, -0.1) is 11.3 Å². The number of rotatable bonds is 3. The van der Waals surface area contributed by atoms with Gasteiger partial charge in [0.05, 0.1) is 22.9 Å². The number of carbonyl (C=O) groups excluding carboxylic acids is 1. The second kappa shape index (κ2) is 6.98. The average Bonchev–Trinajstić information content (AvgIpc) is 3.15. The maximum Gasteiger partial charge on any atom is 0.260 e. The minimum atomic E-state index is -0.738. The Balaban J connectivity index is 1.57. The predicted molar refractivity (Wildman–Crippen MR) is 104 cm³/mol. The van der Waals surface area contributed by atoms with E-state index in [1.807, 2.05) is 53.9 Å². The number of benzene rings is 3. The molecule has 1 N–H and O–H groups in total. The molecule has 4 rings (SSSR count). The van der Waals surface area contributed by atoms with Gasteiger partial charge in [0.15, 0.2) is 5.13 Å². The minimum Gasteiger partial charge on any atom is -0.298 e. The largest absolute Gasteiger partial charge is 0.298 e. The Morgan fingerprint density at radius 1 is 1.07 bits per heavy atom. The minimum absolute atomic E-state index is 0.128. The van der Waals surface area contributed by atoms with Crippen molar-refractivity contribution in [3.8, 4) is 17.3 Å². The lowest BCUT2D eigenvalue weighted by molar-refractivity contribution is 0.102. The standard InChI is InChI=1S/C21H12FN3OS/c22-18-9-13(11-23)5-8-17(18)20(26)25-21-24-19(12-27-21)16-7-6-14-3-1-2-4-15(14)10-16/h1-10,12H,(H,24,25,26). The summed E-state index contributed by atoms with van der Waals surface area (Å²) in [5.41, 5.74) is 1.71. The van der Waals surface area contributed by atoms with E-state index in [0.29, 0.717) is 5.13 Å². The summed E-state index contributed by atoms with van der Waals surface area (Å²) in [6, 6.07) is 19.6. The van der Waals surface area contributed by atoms with Crippen LogP contribution in [0.4, 0.5) is 9.52 Å². The summed E-state index contributed by atoms with van der Waals surface area (Å²) in [6.07, 6.45) is 0. The van der Waals surface area contributed by atoms with Gasteiger partial charge < -0.3 is 0 Å². The number of nitrogens with one attached hydrogen (secondary N) is 1. The Morgan fingerprint density at radius 3 is 2.67 bits per heavy atom. The number of amides is 1. The maximum absolute atomic E-state index is 14.0. The molecular weight excluding hydrogens is 361 g/mol. The topological polar surface area (TPSA) is 65.8 Å². The molecule has 0 aliphatic heterocycles. The highest BCUT2D eigenvalue weighted by atomic mass is 32.1.